The van der Waals surface area contributed by atoms with Crippen molar-refractivity contribution in [2.24, 2.45) is 0 Å². The molecular weight excluding hydrogens is 442 g/mol. The highest BCUT2D eigenvalue weighted by Gasteiger charge is 2.34. The van der Waals surface area contributed by atoms with Crippen LogP contribution in [0.5, 0.6) is 11.5 Å². The third kappa shape index (κ3) is 4.54. The van der Waals surface area contributed by atoms with Crippen LogP contribution in [0.2, 0.25) is 5.02 Å². The van der Waals surface area contributed by atoms with Crippen molar-refractivity contribution in [1.29, 1.82) is 0 Å². The Hall–Kier alpha value is -3.27. The smallest absolute Gasteiger partial charge is 0.161 e. The van der Waals surface area contributed by atoms with Crippen LogP contribution in [0.1, 0.15) is 28.3 Å². The molecular formula is C30H29ClNO2+. The van der Waals surface area contributed by atoms with Gasteiger partial charge in [0.1, 0.15) is 12.6 Å². The minimum absolute atomic E-state index is 0.163. The Morgan fingerprint density at radius 1 is 0.794 bits per heavy atom. The molecule has 1 heterocycles. The molecule has 0 amide bonds. The summed E-state index contributed by atoms with van der Waals surface area (Å²) in [5.41, 5.74) is 7.62. The molecule has 4 aromatic rings. The van der Waals surface area contributed by atoms with Gasteiger partial charge in [0, 0.05) is 28.1 Å². The number of nitrogens with one attached hydrogen (secondary N) is 1. The van der Waals surface area contributed by atoms with Gasteiger partial charge in [-0.05, 0) is 41.0 Å². The van der Waals surface area contributed by atoms with Gasteiger partial charge >= 0.3 is 0 Å². The van der Waals surface area contributed by atoms with Crippen molar-refractivity contribution in [1.82, 2.24) is 0 Å². The minimum Gasteiger partial charge on any atom is -0.493 e. The lowest BCUT2D eigenvalue weighted by atomic mass is 9.87. The van der Waals surface area contributed by atoms with Crippen LogP contribution in [-0.4, -0.2) is 20.8 Å². The zero-order valence-corrected chi connectivity index (χ0v) is 20.3. The van der Waals surface area contributed by atoms with Gasteiger partial charge in [0.05, 0.1) is 20.8 Å². The lowest BCUT2D eigenvalue weighted by Crippen LogP contribution is -3.12. The molecule has 0 fully saturated rings. The van der Waals surface area contributed by atoms with E-state index in [0.29, 0.717) is 0 Å². The molecule has 34 heavy (non-hydrogen) atoms. The molecule has 5 rings (SSSR count). The number of hydrogen-bond donors (Lipinski definition) is 1. The van der Waals surface area contributed by atoms with Crippen LogP contribution < -0.4 is 14.4 Å². The number of quaternary nitrogens is 1. The molecule has 172 valence electrons. The zero-order chi connectivity index (χ0) is 23.5. The molecule has 4 heteroatoms. The maximum Gasteiger partial charge on any atom is 0.161 e. The summed E-state index contributed by atoms with van der Waals surface area (Å²) in [6.45, 7) is 1.96. The monoisotopic (exact) mass is 470 g/mol. The van der Waals surface area contributed by atoms with Crippen LogP contribution in [0.4, 0.5) is 0 Å². The molecule has 2 atom stereocenters. The van der Waals surface area contributed by atoms with E-state index >= 15 is 0 Å². The van der Waals surface area contributed by atoms with Crippen molar-refractivity contribution in [2.75, 3.05) is 20.8 Å². The Kier molecular flexibility index (Phi) is 6.57. The first-order valence-corrected chi connectivity index (χ1v) is 12.0. The number of methoxy groups -OCH3 is 2. The van der Waals surface area contributed by atoms with Crippen molar-refractivity contribution in [3.63, 3.8) is 0 Å². The van der Waals surface area contributed by atoms with Gasteiger partial charge in [-0.15, -0.1) is 0 Å². The lowest BCUT2D eigenvalue weighted by molar-refractivity contribution is -0.941. The Balaban J connectivity index is 1.50. The Morgan fingerprint density at radius 3 is 2.21 bits per heavy atom. The maximum absolute atomic E-state index is 6.43. The first-order chi connectivity index (χ1) is 16.7. The highest BCUT2D eigenvalue weighted by Crippen LogP contribution is 2.36. The van der Waals surface area contributed by atoms with Gasteiger partial charge in [-0.2, -0.15) is 0 Å². The van der Waals surface area contributed by atoms with Crippen molar-refractivity contribution >= 4 is 11.6 Å². The van der Waals surface area contributed by atoms with E-state index in [0.717, 1.165) is 36.0 Å². The molecule has 0 aromatic heterocycles. The highest BCUT2D eigenvalue weighted by molar-refractivity contribution is 6.30. The lowest BCUT2D eigenvalue weighted by Gasteiger charge is -2.35. The maximum atomic E-state index is 6.43. The summed E-state index contributed by atoms with van der Waals surface area (Å²) in [6.07, 6.45) is 0.990. The second-order valence-electron chi connectivity index (χ2n) is 8.79. The van der Waals surface area contributed by atoms with E-state index in [1.807, 2.05) is 12.1 Å². The Labute approximate surface area is 206 Å². The number of benzene rings is 4. The summed E-state index contributed by atoms with van der Waals surface area (Å²) in [4.78, 5) is 1.49. The molecule has 3 nitrogen and oxygen atoms in total. The van der Waals surface area contributed by atoms with Crippen LogP contribution in [0.15, 0.2) is 91.0 Å². The third-order valence-corrected chi connectivity index (χ3v) is 6.99. The van der Waals surface area contributed by atoms with E-state index in [1.165, 1.54) is 38.3 Å². The summed E-state index contributed by atoms with van der Waals surface area (Å²) in [6, 6.07) is 32.2. The van der Waals surface area contributed by atoms with Gasteiger partial charge in [0.2, 0.25) is 0 Å². The topological polar surface area (TPSA) is 22.9 Å². The molecule has 1 aliphatic rings. The predicted molar refractivity (Wildman–Crippen MR) is 138 cm³/mol. The van der Waals surface area contributed by atoms with Crippen molar-refractivity contribution in [3.05, 3.63) is 118 Å². The van der Waals surface area contributed by atoms with Gasteiger partial charge in [-0.1, -0.05) is 78.3 Å². The van der Waals surface area contributed by atoms with Gasteiger partial charge in [-0.25, -0.2) is 0 Å². The number of ether oxygens (including phenoxy) is 2. The highest BCUT2D eigenvalue weighted by atomic mass is 35.5. The molecule has 0 aliphatic carbocycles. The molecule has 0 radical (unpaired) electrons. The van der Waals surface area contributed by atoms with Gasteiger partial charge in [0.15, 0.2) is 11.5 Å². The third-order valence-electron chi connectivity index (χ3n) is 6.75. The molecule has 0 bridgehead atoms. The SMILES string of the molecule is COc1cc2c(cc1OC)[C@H](c1cccc(Cl)c1)[NH+](Cc1ccc(-c3ccccc3)cc1)CC2. The quantitative estimate of drug-likeness (QED) is 0.387. The fourth-order valence-corrected chi connectivity index (χ4v) is 5.28. The first kappa shape index (κ1) is 22.5. The number of fused-ring (bicyclic) bond motifs is 1. The van der Waals surface area contributed by atoms with Crippen molar-refractivity contribution < 1.29 is 14.4 Å². The van der Waals surface area contributed by atoms with E-state index < -0.39 is 0 Å². The Morgan fingerprint density at radius 2 is 1.50 bits per heavy atom. The number of rotatable bonds is 6. The van der Waals surface area contributed by atoms with E-state index in [-0.39, 0.29) is 6.04 Å². The van der Waals surface area contributed by atoms with Gasteiger partial charge in [0.25, 0.3) is 0 Å². The minimum atomic E-state index is 0.163. The molecule has 1 aliphatic heterocycles. The van der Waals surface area contributed by atoms with Crippen LogP contribution in [0.3, 0.4) is 0 Å². The fourth-order valence-electron chi connectivity index (χ4n) is 5.08. The largest absolute Gasteiger partial charge is 0.493 e. The Bertz CT molecular complexity index is 1270. The standard InChI is InChI=1S/C30H28ClNO2/c1-33-28-18-24-15-16-32(20-21-11-13-23(14-12-21)22-7-4-3-5-8-22)30(27(24)19-29(28)34-2)25-9-6-10-26(31)17-25/h3-14,17-19,30H,15-16,20H2,1-2H3/p+1/t30-/m0/s1. The van der Waals surface area contributed by atoms with Gasteiger partial charge in [-0.3, -0.25) is 0 Å². The molecule has 4 aromatic carbocycles. The second kappa shape index (κ2) is 9.92. The number of hydrogen-bond acceptors (Lipinski definition) is 2. The average Bonchev–Trinajstić information content (AvgIpc) is 2.88. The van der Waals surface area contributed by atoms with E-state index in [2.05, 4.69) is 78.9 Å². The van der Waals surface area contributed by atoms with E-state index in [1.54, 1.807) is 14.2 Å². The van der Waals surface area contributed by atoms with Crippen LogP contribution in [0.25, 0.3) is 11.1 Å². The second-order valence-corrected chi connectivity index (χ2v) is 9.23. The van der Waals surface area contributed by atoms with Crippen LogP contribution in [-0.2, 0) is 13.0 Å². The first-order valence-electron chi connectivity index (χ1n) is 11.7. The summed E-state index contributed by atoms with van der Waals surface area (Å²) >= 11 is 6.43. The molecule has 1 N–H and O–H groups in total. The molecule has 0 spiro atoms. The fraction of sp³-hybridized carbons (Fsp3) is 0.200. The summed E-state index contributed by atoms with van der Waals surface area (Å²) in [7, 11) is 3.39. The van der Waals surface area contributed by atoms with Crippen LogP contribution >= 0.6 is 11.6 Å². The molecule has 0 saturated carbocycles. The molecule has 1 unspecified atom stereocenters. The average molecular weight is 471 g/mol. The summed E-state index contributed by atoms with van der Waals surface area (Å²) < 4.78 is 11.2. The van der Waals surface area contributed by atoms with Crippen molar-refractivity contribution in [3.8, 4) is 22.6 Å². The normalized spacial score (nSPS) is 17.1. The summed E-state index contributed by atoms with van der Waals surface area (Å²) in [5.74, 6) is 1.55. The van der Waals surface area contributed by atoms with Gasteiger partial charge < -0.3 is 14.4 Å². The zero-order valence-electron chi connectivity index (χ0n) is 19.6. The van der Waals surface area contributed by atoms with E-state index in [4.69, 9.17) is 21.1 Å². The van der Waals surface area contributed by atoms with Crippen molar-refractivity contribution in [2.45, 2.75) is 19.0 Å². The molecule has 0 saturated heterocycles. The number of halogens is 1. The van der Waals surface area contributed by atoms with Crippen LogP contribution in [0, 0.1) is 0 Å². The summed E-state index contributed by atoms with van der Waals surface area (Å²) in [5, 5.41) is 0.761. The predicted octanol–water partition coefficient (Wildman–Crippen LogP) is 5.75. The van der Waals surface area contributed by atoms with E-state index in [9.17, 15) is 0 Å².